The fourth-order valence-corrected chi connectivity index (χ4v) is 1.65. The Hall–Kier alpha value is -1.88. The minimum Gasteiger partial charge on any atom is -0.495 e. The molecule has 1 N–H and O–H groups in total. The highest BCUT2D eigenvalue weighted by Gasteiger charge is 2.31. The van der Waals surface area contributed by atoms with Gasteiger partial charge in [0.25, 0.3) is 0 Å². The highest BCUT2D eigenvalue weighted by molar-refractivity contribution is 6.32. The monoisotopic (exact) mass is 270 g/mol. The van der Waals surface area contributed by atoms with Crippen molar-refractivity contribution in [1.29, 1.82) is 0 Å². The van der Waals surface area contributed by atoms with E-state index in [4.69, 9.17) is 21.4 Å². The minimum atomic E-state index is -1.70. The van der Waals surface area contributed by atoms with Crippen molar-refractivity contribution in [2.75, 3.05) is 7.11 Å². The second-order valence-electron chi connectivity index (χ2n) is 3.60. The predicted octanol–water partition coefficient (Wildman–Crippen LogP) is 1.82. The van der Waals surface area contributed by atoms with Crippen LogP contribution in [0.2, 0.25) is 5.02 Å². The summed E-state index contributed by atoms with van der Waals surface area (Å²) < 4.78 is 4.92. The Bertz CT molecular complexity index is 495. The largest absolute Gasteiger partial charge is 0.495 e. The number of methoxy groups -OCH3 is 1. The summed E-state index contributed by atoms with van der Waals surface area (Å²) in [5.74, 6) is -4.43. The molecule has 6 heteroatoms. The molecule has 5 nitrogen and oxygen atoms in total. The molecule has 0 aliphatic rings. The van der Waals surface area contributed by atoms with Crippen molar-refractivity contribution in [3.8, 4) is 5.75 Å². The smallest absolute Gasteiger partial charge is 0.322 e. The van der Waals surface area contributed by atoms with Crippen molar-refractivity contribution in [3.63, 3.8) is 0 Å². The number of carboxylic acids is 1. The molecule has 1 rings (SSSR count). The Balaban J connectivity index is 3.17. The van der Waals surface area contributed by atoms with Crippen molar-refractivity contribution >= 4 is 29.1 Å². The van der Waals surface area contributed by atoms with Crippen LogP contribution >= 0.6 is 11.6 Å². The number of halogens is 1. The number of carbonyl (C=O) groups excluding carboxylic acids is 2. The molecule has 1 unspecified atom stereocenters. The van der Waals surface area contributed by atoms with Crippen LogP contribution < -0.4 is 4.74 Å². The van der Waals surface area contributed by atoms with Gasteiger partial charge in [0.15, 0.2) is 17.5 Å². The highest BCUT2D eigenvalue weighted by Crippen LogP contribution is 2.26. The Kier molecular flexibility index (Phi) is 4.44. The number of ether oxygens (including phenoxy) is 1. The maximum absolute atomic E-state index is 11.9. The molecule has 18 heavy (non-hydrogen) atoms. The maximum Gasteiger partial charge on any atom is 0.322 e. The van der Waals surface area contributed by atoms with Crippen molar-refractivity contribution in [3.05, 3.63) is 28.8 Å². The number of hydrogen-bond acceptors (Lipinski definition) is 4. The van der Waals surface area contributed by atoms with Crippen LogP contribution in [0.25, 0.3) is 0 Å². The lowest BCUT2D eigenvalue weighted by Crippen LogP contribution is -2.30. The fraction of sp³-hybridized carbons (Fsp3) is 0.250. The Morgan fingerprint density at radius 1 is 1.33 bits per heavy atom. The Morgan fingerprint density at radius 3 is 2.39 bits per heavy atom. The van der Waals surface area contributed by atoms with Crippen LogP contribution in [0.15, 0.2) is 18.2 Å². The minimum absolute atomic E-state index is 0.0684. The van der Waals surface area contributed by atoms with Gasteiger partial charge in [-0.15, -0.1) is 0 Å². The van der Waals surface area contributed by atoms with Crippen LogP contribution in [-0.4, -0.2) is 29.8 Å². The third-order valence-corrected chi connectivity index (χ3v) is 2.66. The molecule has 0 amide bonds. The third kappa shape index (κ3) is 2.87. The number of carboxylic acid groups (broad SMARTS) is 1. The maximum atomic E-state index is 11.9. The summed E-state index contributed by atoms with van der Waals surface area (Å²) in [5.41, 5.74) is 0.0684. The second kappa shape index (κ2) is 5.64. The quantitative estimate of drug-likeness (QED) is 0.652. The summed E-state index contributed by atoms with van der Waals surface area (Å²) >= 11 is 5.79. The summed E-state index contributed by atoms with van der Waals surface area (Å²) in [4.78, 5) is 33.9. The Labute approximate surface area is 108 Å². The molecule has 1 atom stereocenters. The molecule has 1 aromatic rings. The number of hydrogen-bond donors (Lipinski definition) is 1. The van der Waals surface area contributed by atoms with Crippen LogP contribution in [-0.2, 0) is 9.59 Å². The van der Waals surface area contributed by atoms with E-state index in [1.807, 2.05) is 0 Å². The summed E-state index contributed by atoms with van der Waals surface area (Å²) in [6, 6.07) is 4.07. The zero-order valence-corrected chi connectivity index (χ0v) is 10.5. The summed E-state index contributed by atoms with van der Waals surface area (Å²) in [6.07, 6.45) is 0. The molecule has 0 fully saturated rings. The second-order valence-corrected chi connectivity index (χ2v) is 4.00. The molecule has 0 aliphatic carbocycles. The van der Waals surface area contributed by atoms with Crippen LogP contribution in [0.1, 0.15) is 17.3 Å². The van der Waals surface area contributed by atoms with Gasteiger partial charge in [0, 0.05) is 5.56 Å². The highest BCUT2D eigenvalue weighted by atomic mass is 35.5. The van der Waals surface area contributed by atoms with Crippen LogP contribution in [0.3, 0.4) is 0 Å². The van der Waals surface area contributed by atoms with Gasteiger partial charge in [-0.1, -0.05) is 11.6 Å². The van der Waals surface area contributed by atoms with E-state index in [-0.39, 0.29) is 11.3 Å². The lowest BCUT2D eigenvalue weighted by Gasteiger charge is -2.09. The van der Waals surface area contributed by atoms with Crippen molar-refractivity contribution < 1.29 is 24.2 Å². The normalized spacial score (nSPS) is 11.7. The Morgan fingerprint density at radius 2 is 1.94 bits per heavy atom. The van der Waals surface area contributed by atoms with E-state index >= 15 is 0 Å². The lowest BCUT2D eigenvalue weighted by molar-refractivity contribution is -0.143. The van der Waals surface area contributed by atoms with E-state index in [2.05, 4.69) is 0 Å². The van der Waals surface area contributed by atoms with Crippen LogP contribution in [0, 0.1) is 5.92 Å². The van der Waals surface area contributed by atoms with E-state index < -0.39 is 23.5 Å². The molecular formula is C12H11ClO5. The van der Waals surface area contributed by atoms with Crippen LogP contribution in [0.5, 0.6) is 5.75 Å². The number of ketones is 2. The van der Waals surface area contributed by atoms with E-state index in [1.54, 1.807) is 0 Å². The zero-order valence-electron chi connectivity index (χ0n) is 9.77. The molecule has 0 radical (unpaired) electrons. The first-order valence-electron chi connectivity index (χ1n) is 4.99. The van der Waals surface area contributed by atoms with Gasteiger partial charge in [0.1, 0.15) is 5.75 Å². The molecule has 0 heterocycles. The van der Waals surface area contributed by atoms with Gasteiger partial charge in [-0.25, -0.2) is 0 Å². The number of carbonyl (C=O) groups is 3. The SMILES string of the molecule is COc1cc(C(=O)C(C(C)=O)C(=O)O)ccc1Cl. The molecule has 0 saturated heterocycles. The topological polar surface area (TPSA) is 80.7 Å². The first-order valence-corrected chi connectivity index (χ1v) is 5.37. The van der Waals surface area contributed by atoms with Gasteiger partial charge in [-0.05, 0) is 25.1 Å². The number of Topliss-reactive ketones (excluding diaryl/α,β-unsaturated/α-hetero) is 2. The van der Waals surface area contributed by atoms with Gasteiger partial charge in [-0.3, -0.25) is 14.4 Å². The lowest BCUT2D eigenvalue weighted by atomic mass is 9.94. The molecule has 0 aromatic heterocycles. The van der Waals surface area contributed by atoms with E-state index in [0.29, 0.717) is 5.02 Å². The van der Waals surface area contributed by atoms with Crippen LogP contribution in [0.4, 0.5) is 0 Å². The average Bonchev–Trinajstić information content (AvgIpc) is 2.28. The van der Waals surface area contributed by atoms with Gasteiger partial charge < -0.3 is 9.84 Å². The van der Waals surface area contributed by atoms with E-state index in [9.17, 15) is 14.4 Å². The van der Waals surface area contributed by atoms with Crippen molar-refractivity contribution in [2.24, 2.45) is 5.92 Å². The standard InChI is InChI=1S/C12H11ClO5/c1-6(14)10(12(16)17)11(15)7-3-4-8(13)9(5-7)18-2/h3-5,10H,1-2H3,(H,16,17). The van der Waals surface area contributed by atoms with Crippen molar-refractivity contribution in [2.45, 2.75) is 6.92 Å². The molecule has 96 valence electrons. The molecule has 1 aromatic carbocycles. The molecule has 0 saturated carbocycles. The fourth-order valence-electron chi connectivity index (χ4n) is 1.45. The van der Waals surface area contributed by atoms with E-state index in [1.165, 1.54) is 25.3 Å². The number of rotatable bonds is 5. The number of benzene rings is 1. The molecule has 0 bridgehead atoms. The first-order chi connectivity index (χ1) is 8.38. The van der Waals surface area contributed by atoms with Gasteiger partial charge in [0.2, 0.25) is 0 Å². The predicted molar refractivity (Wildman–Crippen MR) is 64.1 cm³/mol. The summed E-state index contributed by atoms with van der Waals surface area (Å²) in [6.45, 7) is 1.06. The zero-order chi connectivity index (χ0) is 13.9. The molecule has 0 spiro atoms. The third-order valence-electron chi connectivity index (χ3n) is 2.35. The van der Waals surface area contributed by atoms with Gasteiger partial charge >= 0.3 is 5.97 Å². The van der Waals surface area contributed by atoms with E-state index in [0.717, 1.165) is 6.92 Å². The molecular weight excluding hydrogens is 260 g/mol. The first kappa shape index (κ1) is 14.2. The van der Waals surface area contributed by atoms with Gasteiger partial charge in [0.05, 0.1) is 12.1 Å². The van der Waals surface area contributed by atoms with Crippen molar-refractivity contribution in [1.82, 2.24) is 0 Å². The number of aliphatic carboxylic acids is 1. The average molecular weight is 271 g/mol. The summed E-state index contributed by atoms with van der Waals surface area (Å²) in [7, 11) is 1.37. The summed E-state index contributed by atoms with van der Waals surface area (Å²) in [5, 5.41) is 9.15. The van der Waals surface area contributed by atoms with Gasteiger partial charge in [-0.2, -0.15) is 0 Å². The molecule has 0 aliphatic heterocycles.